The zero-order valence-electron chi connectivity index (χ0n) is 16.7. The number of carbonyl (C=O) groups excluding carboxylic acids is 3. The van der Waals surface area contributed by atoms with Crippen LogP contribution >= 0.6 is 34.8 Å². The number of anilines is 2. The van der Waals surface area contributed by atoms with Crippen molar-refractivity contribution in [2.75, 3.05) is 23.4 Å². The maximum atomic E-state index is 13.0. The van der Waals surface area contributed by atoms with Gasteiger partial charge in [-0.05, 0) is 43.2 Å². The second kappa shape index (κ2) is 9.50. The molecular weight excluding hydrogens is 477 g/mol. The van der Waals surface area contributed by atoms with E-state index in [1.807, 2.05) is 0 Å². The van der Waals surface area contributed by atoms with Crippen molar-refractivity contribution in [2.24, 2.45) is 0 Å². The van der Waals surface area contributed by atoms with Gasteiger partial charge < -0.3 is 15.4 Å². The summed E-state index contributed by atoms with van der Waals surface area (Å²) in [5.41, 5.74) is 0.815. The molecule has 0 aliphatic carbocycles. The normalized spacial score (nSPS) is 18.5. The quantitative estimate of drug-likeness (QED) is 0.584. The van der Waals surface area contributed by atoms with E-state index in [4.69, 9.17) is 39.5 Å². The van der Waals surface area contributed by atoms with Crippen molar-refractivity contribution in [1.82, 2.24) is 5.32 Å². The molecule has 0 spiro atoms. The number of nitrogens with zero attached hydrogens (tertiary/aromatic N) is 1. The number of benzene rings is 2. The molecule has 2 heterocycles. The van der Waals surface area contributed by atoms with Crippen molar-refractivity contribution in [2.45, 2.75) is 18.9 Å². The topological polar surface area (TPSA) is 87.7 Å². The van der Waals surface area contributed by atoms with E-state index in [-0.39, 0.29) is 38.5 Å². The van der Waals surface area contributed by atoms with Crippen molar-refractivity contribution in [1.29, 1.82) is 0 Å². The van der Waals surface area contributed by atoms with Gasteiger partial charge in [0, 0.05) is 24.4 Å². The summed E-state index contributed by atoms with van der Waals surface area (Å²) in [6.45, 7) is 1.13. The van der Waals surface area contributed by atoms with Gasteiger partial charge in [0.2, 0.25) is 0 Å². The van der Waals surface area contributed by atoms with Gasteiger partial charge in [-0.1, -0.05) is 46.9 Å². The van der Waals surface area contributed by atoms with Crippen LogP contribution in [0.5, 0.6) is 0 Å². The molecule has 2 aliphatic heterocycles. The van der Waals surface area contributed by atoms with Crippen molar-refractivity contribution >= 4 is 63.9 Å². The summed E-state index contributed by atoms with van der Waals surface area (Å²) >= 11 is 18.4. The lowest BCUT2D eigenvalue weighted by molar-refractivity contribution is -0.120. The van der Waals surface area contributed by atoms with Crippen molar-refractivity contribution in [3.63, 3.8) is 0 Å². The minimum Gasteiger partial charge on any atom is -0.376 e. The number of hydrogen-bond acceptors (Lipinski definition) is 5. The third kappa shape index (κ3) is 4.47. The van der Waals surface area contributed by atoms with Crippen LogP contribution in [-0.2, 0) is 14.3 Å². The Labute approximate surface area is 199 Å². The highest BCUT2D eigenvalue weighted by molar-refractivity contribution is 6.54. The minimum atomic E-state index is -0.728. The highest BCUT2D eigenvalue weighted by Gasteiger charge is 2.40. The van der Waals surface area contributed by atoms with E-state index in [1.165, 1.54) is 6.07 Å². The molecule has 0 radical (unpaired) electrons. The smallest absolute Gasteiger partial charge is 0.283 e. The fourth-order valence-electron chi connectivity index (χ4n) is 3.49. The summed E-state index contributed by atoms with van der Waals surface area (Å²) < 4.78 is 5.51. The number of ether oxygens (including phenoxy) is 1. The van der Waals surface area contributed by atoms with Crippen LogP contribution in [0.3, 0.4) is 0 Å². The number of amides is 3. The van der Waals surface area contributed by atoms with Crippen LogP contribution in [0.1, 0.15) is 23.2 Å². The number of imide groups is 1. The molecule has 32 heavy (non-hydrogen) atoms. The van der Waals surface area contributed by atoms with Gasteiger partial charge in [0.05, 0.1) is 21.8 Å². The number of rotatable bonds is 6. The first-order valence-electron chi connectivity index (χ1n) is 9.86. The Bertz CT molecular complexity index is 1130. The molecule has 0 bridgehead atoms. The van der Waals surface area contributed by atoms with Crippen LogP contribution in [-0.4, -0.2) is 37.0 Å². The number of halogens is 3. The third-order valence-corrected chi connectivity index (χ3v) is 6.27. The molecule has 1 fully saturated rings. The lowest BCUT2D eigenvalue weighted by Crippen LogP contribution is -2.32. The molecule has 2 aromatic carbocycles. The van der Waals surface area contributed by atoms with Gasteiger partial charge in [0.25, 0.3) is 17.7 Å². The summed E-state index contributed by atoms with van der Waals surface area (Å²) in [6, 6.07) is 11.1. The van der Waals surface area contributed by atoms with Crippen LogP contribution < -0.4 is 15.5 Å². The first-order valence-corrected chi connectivity index (χ1v) is 11.0. The number of hydrogen-bond donors (Lipinski definition) is 2. The van der Waals surface area contributed by atoms with Crippen molar-refractivity contribution in [3.8, 4) is 0 Å². The molecule has 4 rings (SSSR count). The summed E-state index contributed by atoms with van der Waals surface area (Å²) in [4.78, 5) is 39.0. The van der Waals surface area contributed by atoms with E-state index >= 15 is 0 Å². The highest BCUT2D eigenvalue weighted by atomic mass is 35.5. The molecule has 1 unspecified atom stereocenters. The van der Waals surface area contributed by atoms with Gasteiger partial charge in [0.1, 0.15) is 10.7 Å². The highest BCUT2D eigenvalue weighted by Crippen LogP contribution is 2.37. The van der Waals surface area contributed by atoms with E-state index in [0.29, 0.717) is 24.4 Å². The second-order valence-corrected chi connectivity index (χ2v) is 8.42. The van der Waals surface area contributed by atoms with Gasteiger partial charge in [0.15, 0.2) is 0 Å². The molecule has 7 nitrogen and oxygen atoms in total. The average molecular weight is 495 g/mol. The maximum absolute atomic E-state index is 13.0. The zero-order chi connectivity index (χ0) is 22.8. The largest absolute Gasteiger partial charge is 0.376 e. The van der Waals surface area contributed by atoms with E-state index in [2.05, 4.69) is 10.6 Å². The molecule has 2 aliphatic rings. The van der Waals surface area contributed by atoms with E-state index in [9.17, 15) is 14.4 Å². The zero-order valence-corrected chi connectivity index (χ0v) is 18.9. The maximum Gasteiger partial charge on any atom is 0.283 e. The standard InChI is InChI=1S/C22H18Cl3N3O4/c23-15-7-2-8-16(17(15)24)28-21(30)18(25)19(22(28)31)27-13-5-1-4-12(10-13)20(29)26-11-14-6-3-9-32-14/h1-2,4-5,7-8,10,14,27H,3,6,9,11H2,(H,26,29). The minimum absolute atomic E-state index is 0.0237. The Morgan fingerprint density at radius 3 is 2.62 bits per heavy atom. The Morgan fingerprint density at radius 2 is 1.88 bits per heavy atom. The fraction of sp³-hybridized carbons (Fsp3) is 0.227. The first-order chi connectivity index (χ1) is 15.4. The van der Waals surface area contributed by atoms with Crippen LogP contribution in [0.2, 0.25) is 10.0 Å². The van der Waals surface area contributed by atoms with E-state index < -0.39 is 11.8 Å². The first kappa shape index (κ1) is 22.6. The van der Waals surface area contributed by atoms with Gasteiger partial charge in [-0.3, -0.25) is 14.4 Å². The average Bonchev–Trinajstić information content (AvgIpc) is 3.38. The molecule has 166 valence electrons. The van der Waals surface area contributed by atoms with Crippen LogP contribution in [0.25, 0.3) is 0 Å². The molecule has 0 aromatic heterocycles. The van der Waals surface area contributed by atoms with Gasteiger partial charge in [-0.25, -0.2) is 4.90 Å². The van der Waals surface area contributed by atoms with Crippen LogP contribution in [0.4, 0.5) is 11.4 Å². The molecule has 1 atom stereocenters. The number of carbonyl (C=O) groups is 3. The Balaban J connectivity index is 1.50. The Hall–Kier alpha value is -2.58. The van der Waals surface area contributed by atoms with Crippen LogP contribution in [0.15, 0.2) is 53.2 Å². The van der Waals surface area contributed by atoms with E-state index in [1.54, 1.807) is 36.4 Å². The summed E-state index contributed by atoms with van der Waals surface area (Å²) in [6.07, 6.45) is 1.92. The molecule has 1 saturated heterocycles. The van der Waals surface area contributed by atoms with Crippen molar-refractivity contribution in [3.05, 3.63) is 68.8 Å². The summed E-state index contributed by atoms with van der Waals surface area (Å²) in [5.74, 6) is -1.68. The lowest BCUT2D eigenvalue weighted by atomic mass is 10.1. The Morgan fingerprint density at radius 1 is 1.09 bits per heavy atom. The molecule has 2 aromatic rings. The van der Waals surface area contributed by atoms with Crippen molar-refractivity contribution < 1.29 is 19.1 Å². The van der Waals surface area contributed by atoms with Gasteiger partial charge in [-0.2, -0.15) is 0 Å². The van der Waals surface area contributed by atoms with Gasteiger partial charge >= 0.3 is 0 Å². The molecular formula is C22H18Cl3N3O4. The molecule has 3 amide bonds. The molecule has 10 heteroatoms. The second-order valence-electron chi connectivity index (χ2n) is 7.26. The van der Waals surface area contributed by atoms with Crippen LogP contribution in [0, 0.1) is 0 Å². The summed E-state index contributed by atoms with van der Waals surface area (Å²) in [5, 5.41) is 5.66. The predicted octanol–water partition coefficient (Wildman–Crippen LogP) is 4.34. The summed E-state index contributed by atoms with van der Waals surface area (Å²) in [7, 11) is 0. The van der Waals surface area contributed by atoms with Gasteiger partial charge in [-0.15, -0.1) is 0 Å². The monoisotopic (exact) mass is 493 g/mol. The lowest BCUT2D eigenvalue weighted by Gasteiger charge is -2.17. The SMILES string of the molecule is O=C(NCC1CCCO1)c1cccc(NC2=C(Cl)C(=O)N(c3cccc(Cl)c3Cl)C2=O)c1. The molecule has 0 saturated carbocycles. The fourth-order valence-corrected chi connectivity index (χ4v) is 4.08. The number of nitrogens with one attached hydrogen (secondary N) is 2. The Kier molecular flexibility index (Phi) is 6.71. The third-order valence-electron chi connectivity index (χ3n) is 5.11. The van der Waals surface area contributed by atoms with E-state index in [0.717, 1.165) is 17.7 Å². The predicted molar refractivity (Wildman–Crippen MR) is 123 cm³/mol. The molecule has 2 N–H and O–H groups in total.